The second kappa shape index (κ2) is 3.87. The van der Waals surface area contributed by atoms with Crippen LogP contribution in [0.3, 0.4) is 0 Å². The fourth-order valence-corrected chi connectivity index (χ4v) is 1.68. The third-order valence-corrected chi connectivity index (χ3v) is 2.55. The fraction of sp³-hybridized carbons (Fsp3) is 0.333. The maximum Gasteiger partial charge on any atom is 0.0841 e. The van der Waals surface area contributed by atoms with Gasteiger partial charge in [-0.25, -0.2) is 0 Å². The van der Waals surface area contributed by atoms with E-state index in [9.17, 15) is 5.11 Å². The van der Waals surface area contributed by atoms with Crippen molar-refractivity contribution < 1.29 is 5.11 Å². The highest BCUT2D eigenvalue weighted by molar-refractivity contribution is 9.10. The van der Waals surface area contributed by atoms with Crippen LogP contribution < -0.4 is 0 Å². The summed E-state index contributed by atoms with van der Waals surface area (Å²) in [5.41, 5.74) is 2.13. The lowest BCUT2D eigenvalue weighted by molar-refractivity contribution is 0.0785. The van der Waals surface area contributed by atoms with Gasteiger partial charge in [-0.05, 0) is 50.1 Å². The Balaban J connectivity index is 3.28. The van der Waals surface area contributed by atoms with Crippen LogP contribution in [0.15, 0.2) is 29.3 Å². The van der Waals surface area contributed by atoms with Crippen molar-refractivity contribution in [3.63, 3.8) is 0 Å². The average Bonchev–Trinajstić information content (AvgIpc) is 2.01. The van der Waals surface area contributed by atoms with Gasteiger partial charge in [-0.15, -0.1) is 0 Å². The van der Waals surface area contributed by atoms with Gasteiger partial charge < -0.3 is 5.11 Å². The highest BCUT2D eigenvalue weighted by atomic mass is 79.9. The van der Waals surface area contributed by atoms with Crippen molar-refractivity contribution in [2.75, 3.05) is 0 Å². The Hall–Kier alpha value is -0.600. The Bertz CT molecular complexity index is 361. The highest BCUT2D eigenvalue weighted by Gasteiger charge is 2.16. The second-order valence-corrected chi connectivity index (χ2v) is 4.98. The summed E-state index contributed by atoms with van der Waals surface area (Å²) in [6.07, 6.45) is 0. The number of halogens is 1. The molecule has 0 fully saturated rings. The van der Waals surface area contributed by atoms with E-state index in [-0.39, 0.29) is 0 Å². The smallest absolute Gasteiger partial charge is 0.0841 e. The first-order chi connectivity index (χ1) is 6.30. The van der Waals surface area contributed by atoms with E-state index in [2.05, 4.69) is 22.5 Å². The van der Waals surface area contributed by atoms with Crippen molar-refractivity contribution in [2.45, 2.75) is 26.4 Å². The third-order valence-electron chi connectivity index (χ3n) is 2.10. The number of hydrogen-bond donors (Lipinski definition) is 1. The Morgan fingerprint density at radius 2 is 1.93 bits per heavy atom. The van der Waals surface area contributed by atoms with Gasteiger partial charge in [0, 0.05) is 4.47 Å². The van der Waals surface area contributed by atoms with Crippen molar-refractivity contribution in [3.8, 4) is 0 Å². The number of hydrogen-bond acceptors (Lipinski definition) is 1. The van der Waals surface area contributed by atoms with Crippen LogP contribution in [-0.4, -0.2) is 5.11 Å². The van der Waals surface area contributed by atoms with Crippen LogP contribution in [0.1, 0.15) is 31.9 Å². The van der Waals surface area contributed by atoms with Crippen LogP contribution in [0.5, 0.6) is 0 Å². The zero-order chi connectivity index (χ0) is 10.9. The van der Waals surface area contributed by atoms with Crippen molar-refractivity contribution in [1.29, 1.82) is 0 Å². The van der Waals surface area contributed by atoms with Crippen LogP contribution in [0, 0.1) is 0 Å². The van der Waals surface area contributed by atoms with Crippen LogP contribution in [0.4, 0.5) is 0 Å². The summed E-state index contributed by atoms with van der Waals surface area (Å²) >= 11 is 3.42. The molecule has 2 heteroatoms. The molecule has 0 saturated carbocycles. The van der Waals surface area contributed by atoms with Crippen molar-refractivity contribution in [3.05, 3.63) is 40.4 Å². The van der Waals surface area contributed by atoms with Gasteiger partial charge in [0.2, 0.25) is 0 Å². The van der Waals surface area contributed by atoms with Gasteiger partial charge >= 0.3 is 0 Å². The molecule has 0 atom stereocenters. The van der Waals surface area contributed by atoms with E-state index in [1.807, 2.05) is 25.1 Å². The van der Waals surface area contributed by atoms with Crippen molar-refractivity contribution in [2.24, 2.45) is 0 Å². The summed E-state index contributed by atoms with van der Waals surface area (Å²) in [4.78, 5) is 0. The second-order valence-electron chi connectivity index (χ2n) is 4.07. The molecule has 0 unspecified atom stereocenters. The monoisotopic (exact) mass is 254 g/mol. The van der Waals surface area contributed by atoms with E-state index >= 15 is 0 Å². The first-order valence-electron chi connectivity index (χ1n) is 4.50. The molecule has 1 aromatic carbocycles. The van der Waals surface area contributed by atoms with Gasteiger partial charge in [-0.3, -0.25) is 0 Å². The van der Waals surface area contributed by atoms with E-state index in [4.69, 9.17) is 0 Å². The molecule has 0 aliphatic carbocycles. The molecule has 1 N–H and O–H groups in total. The Morgan fingerprint density at radius 1 is 1.36 bits per heavy atom. The molecule has 0 radical (unpaired) electrons. The molecule has 1 nitrogen and oxygen atoms in total. The summed E-state index contributed by atoms with van der Waals surface area (Å²) in [5, 5.41) is 9.87. The summed E-state index contributed by atoms with van der Waals surface area (Å²) in [5.74, 6) is 0. The molecular formula is C12H15BrO. The molecule has 14 heavy (non-hydrogen) atoms. The number of allylic oxidation sites excluding steroid dienone is 1. The molecule has 0 aliphatic heterocycles. The lowest BCUT2D eigenvalue weighted by Gasteiger charge is -2.19. The van der Waals surface area contributed by atoms with Crippen LogP contribution in [0.25, 0.3) is 5.57 Å². The van der Waals surface area contributed by atoms with E-state index in [0.29, 0.717) is 0 Å². The van der Waals surface area contributed by atoms with Gasteiger partial charge in [0.25, 0.3) is 0 Å². The summed E-state index contributed by atoms with van der Waals surface area (Å²) < 4.78 is 0.968. The zero-order valence-electron chi connectivity index (χ0n) is 8.76. The Labute approximate surface area is 93.6 Å². The van der Waals surface area contributed by atoms with E-state index < -0.39 is 5.60 Å². The number of rotatable bonds is 2. The first-order valence-corrected chi connectivity index (χ1v) is 5.29. The van der Waals surface area contributed by atoms with Crippen molar-refractivity contribution in [1.82, 2.24) is 0 Å². The molecule has 1 rings (SSSR count). The maximum absolute atomic E-state index is 9.87. The molecule has 1 aromatic rings. The van der Waals surface area contributed by atoms with E-state index in [1.54, 1.807) is 13.8 Å². The third kappa shape index (κ3) is 2.69. The molecule has 0 heterocycles. The van der Waals surface area contributed by atoms with E-state index in [1.165, 1.54) is 0 Å². The molecule has 0 aliphatic rings. The lowest BCUT2D eigenvalue weighted by Crippen LogP contribution is -2.15. The lowest BCUT2D eigenvalue weighted by atomic mass is 9.95. The minimum Gasteiger partial charge on any atom is -0.386 e. The fourth-order valence-electron chi connectivity index (χ4n) is 1.19. The molecule has 76 valence electrons. The molecule has 0 spiro atoms. The maximum atomic E-state index is 9.87. The zero-order valence-corrected chi connectivity index (χ0v) is 10.4. The molecular weight excluding hydrogens is 240 g/mol. The highest BCUT2D eigenvalue weighted by Crippen LogP contribution is 2.27. The standard InChI is InChI=1S/C12H15BrO/c1-8(2)9-5-10(12(3,4)14)7-11(13)6-9/h5-7,14H,1H2,2-4H3. The van der Waals surface area contributed by atoms with Gasteiger partial charge in [0.1, 0.15) is 0 Å². The number of benzene rings is 1. The Kier molecular flexibility index (Phi) is 3.17. The summed E-state index contributed by atoms with van der Waals surface area (Å²) in [7, 11) is 0. The summed E-state index contributed by atoms with van der Waals surface area (Å²) in [6.45, 7) is 9.39. The molecule has 0 saturated heterocycles. The van der Waals surface area contributed by atoms with Crippen LogP contribution >= 0.6 is 15.9 Å². The SMILES string of the molecule is C=C(C)c1cc(Br)cc(C(C)(C)O)c1. The quantitative estimate of drug-likeness (QED) is 0.854. The molecule has 0 aromatic heterocycles. The predicted molar refractivity (Wildman–Crippen MR) is 64.1 cm³/mol. The van der Waals surface area contributed by atoms with Gasteiger partial charge in [-0.2, -0.15) is 0 Å². The van der Waals surface area contributed by atoms with Gasteiger partial charge in [0.15, 0.2) is 0 Å². The van der Waals surface area contributed by atoms with Gasteiger partial charge in [-0.1, -0.05) is 28.1 Å². The Morgan fingerprint density at radius 3 is 2.36 bits per heavy atom. The minimum atomic E-state index is -0.812. The summed E-state index contributed by atoms with van der Waals surface area (Å²) in [6, 6.07) is 5.89. The average molecular weight is 255 g/mol. The normalized spacial score (nSPS) is 11.5. The van der Waals surface area contributed by atoms with Crippen LogP contribution in [0.2, 0.25) is 0 Å². The first kappa shape index (κ1) is 11.5. The van der Waals surface area contributed by atoms with Gasteiger partial charge in [0.05, 0.1) is 5.60 Å². The minimum absolute atomic E-state index is 0.812. The molecule has 0 bridgehead atoms. The van der Waals surface area contributed by atoms with Crippen molar-refractivity contribution >= 4 is 21.5 Å². The predicted octanol–water partition coefficient (Wildman–Crippen LogP) is 3.71. The molecule has 0 amide bonds. The van der Waals surface area contributed by atoms with E-state index in [0.717, 1.165) is 21.2 Å². The largest absolute Gasteiger partial charge is 0.386 e. The number of aliphatic hydroxyl groups is 1. The van der Waals surface area contributed by atoms with Crippen LogP contribution in [-0.2, 0) is 5.60 Å². The topological polar surface area (TPSA) is 20.2 Å².